The van der Waals surface area contributed by atoms with Crippen LogP contribution in [-0.2, 0) is 9.53 Å². The molecule has 128 valence electrons. The van der Waals surface area contributed by atoms with E-state index in [1.165, 1.54) is 0 Å². The van der Waals surface area contributed by atoms with Gasteiger partial charge in [0.15, 0.2) is 6.10 Å². The minimum Gasteiger partial charge on any atom is -0.479 e. The first-order valence-corrected chi connectivity index (χ1v) is 8.04. The molecule has 7 nitrogen and oxygen atoms in total. The molecule has 0 aromatic carbocycles. The highest BCUT2D eigenvalue weighted by atomic mass is 16.5. The lowest BCUT2D eigenvalue weighted by atomic mass is 10.0. The van der Waals surface area contributed by atoms with Gasteiger partial charge in [-0.25, -0.2) is 0 Å². The van der Waals surface area contributed by atoms with E-state index in [1.807, 2.05) is 18.7 Å². The Kier molecular flexibility index (Phi) is 4.80. The molecule has 1 N–H and O–H groups in total. The number of H-pyrrole nitrogens is 1. The number of carbonyl (C=O) groups excluding carboxylic acids is 1. The van der Waals surface area contributed by atoms with Crippen LogP contribution in [-0.4, -0.2) is 51.9 Å². The third kappa shape index (κ3) is 3.26. The first-order chi connectivity index (χ1) is 11.6. The monoisotopic (exact) mass is 330 g/mol. The summed E-state index contributed by atoms with van der Waals surface area (Å²) < 4.78 is 11.3. The quantitative estimate of drug-likeness (QED) is 0.924. The first-order valence-electron chi connectivity index (χ1n) is 8.04. The SMILES string of the molecule is Cc1n[nH]c(C)c1C1COCCN1C(=O)C(C)Oc1cccnc1. The van der Waals surface area contributed by atoms with Gasteiger partial charge in [0.2, 0.25) is 0 Å². The Morgan fingerprint density at radius 3 is 3.00 bits per heavy atom. The molecular weight excluding hydrogens is 308 g/mol. The number of aromatic amines is 1. The van der Waals surface area contributed by atoms with Gasteiger partial charge in [-0.05, 0) is 32.9 Å². The molecule has 1 saturated heterocycles. The standard InChI is InChI=1S/C17H22N4O3/c1-11-16(12(2)20-19-11)15-10-23-8-7-21(15)17(22)13(3)24-14-5-4-6-18-9-14/h4-6,9,13,15H,7-8,10H2,1-3H3,(H,19,20). The van der Waals surface area contributed by atoms with Crippen LogP contribution in [0.4, 0.5) is 0 Å². The molecule has 0 bridgehead atoms. The number of hydrogen-bond acceptors (Lipinski definition) is 5. The highest BCUT2D eigenvalue weighted by Gasteiger charge is 2.34. The molecule has 24 heavy (non-hydrogen) atoms. The summed E-state index contributed by atoms with van der Waals surface area (Å²) in [5.41, 5.74) is 2.87. The lowest BCUT2D eigenvalue weighted by Gasteiger charge is -2.37. The maximum atomic E-state index is 12.9. The Balaban J connectivity index is 1.78. The maximum absolute atomic E-state index is 12.9. The minimum absolute atomic E-state index is 0.0628. The highest BCUT2D eigenvalue weighted by molar-refractivity contribution is 5.81. The van der Waals surface area contributed by atoms with Gasteiger partial charge >= 0.3 is 0 Å². The molecule has 2 atom stereocenters. The summed E-state index contributed by atoms with van der Waals surface area (Å²) >= 11 is 0. The van der Waals surface area contributed by atoms with Crippen molar-refractivity contribution < 1.29 is 14.3 Å². The molecular formula is C17H22N4O3. The van der Waals surface area contributed by atoms with Gasteiger partial charge in [0.1, 0.15) is 5.75 Å². The van der Waals surface area contributed by atoms with Crippen LogP contribution in [0.1, 0.15) is 29.9 Å². The number of aromatic nitrogens is 3. The third-order valence-electron chi connectivity index (χ3n) is 4.22. The van der Waals surface area contributed by atoms with E-state index in [0.717, 1.165) is 17.0 Å². The second-order valence-electron chi connectivity index (χ2n) is 5.92. The van der Waals surface area contributed by atoms with Crippen molar-refractivity contribution in [3.63, 3.8) is 0 Å². The summed E-state index contributed by atoms with van der Waals surface area (Å²) in [4.78, 5) is 18.8. The number of hydrogen-bond donors (Lipinski definition) is 1. The fourth-order valence-corrected chi connectivity index (χ4v) is 3.06. The van der Waals surface area contributed by atoms with Gasteiger partial charge in [0.05, 0.1) is 31.1 Å². The lowest BCUT2D eigenvalue weighted by Crippen LogP contribution is -2.48. The average molecular weight is 330 g/mol. The van der Waals surface area contributed by atoms with Crippen LogP contribution in [0.5, 0.6) is 5.75 Å². The van der Waals surface area contributed by atoms with Gasteiger partial charge < -0.3 is 14.4 Å². The predicted molar refractivity (Wildman–Crippen MR) is 87.7 cm³/mol. The molecule has 0 aliphatic carbocycles. The van der Waals surface area contributed by atoms with Crippen LogP contribution in [0.2, 0.25) is 0 Å². The molecule has 1 aliphatic heterocycles. The summed E-state index contributed by atoms with van der Waals surface area (Å²) in [6.45, 7) is 7.18. The Bertz CT molecular complexity index is 682. The topological polar surface area (TPSA) is 80.3 Å². The molecule has 3 rings (SSSR count). The van der Waals surface area contributed by atoms with Crippen molar-refractivity contribution in [3.8, 4) is 5.75 Å². The number of pyridine rings is 1. The zero-order valence-electron chi connectivity index (χ0n) is 14.2. The number of morpholine rings is 1. The highest BCUT2D eigenvalue weighted by Crippen LogP contribution is 2.29. The molecule has 2 aromatic rings. The maximum Gasteiger partial charge on any atom is 0.264 e. The fourth-order valence-electron chi connectivity index (χ4n) is 3.06. The molecule has 3 heterocycles. The van der Waals surface area contributed by atoms with E-state index < -0.39 is 6.10 Å². The van der Waals surface area contributed by atoms with Crippen LogP contribution in [0, 0.1) is 13.8 Å². The van der Waals surface area contributed by atoms with Crippen LogP contribution < -0.4 is 4.74 Å². The first kappa shape index (κ1) is 16.4. The van der Waals surface area contributed by atoms with Crippen LogP contribution in [0.25, 0.3) is 0 Å². The van der Waals surface area contributed by atoms with E-state index in [1.54, 1.807) is 31.5 Å². The number of ether oxygens (including phenoxy) is 2. The van der Waals surface area contributed by atoms with Crippen molar-refractivity contribution in [2.45, 2.75) is 32.9 Å². The molecule has 7 heteroatoms. The van der Waals surface area contributed by atoms with Crippen LogP contribution in [0.15, 0.2) is 24.5 Å². The van der Waals surface area contributed by atoms with E-state index in [-0.39, 0.29) is 11.9 Å². The van der Waals surface area contributed by atoms with Gasteiger partial charge in [0.25, 0.3) is 5.91 Å². The second-order valence-corrected chi connectivity index (χ2v) is 5.92. The van der Waals surface area contributed by atoms with Gasteiger partial charge in [-0.1, -0.05) is 0 Å². The smallest absolute Gasteiger partial charge is 0.264 e. The van der Waals surface area contributed by atoms with Crippen molar-refractivity contribution in [1.29, 1.82) is 0 Å². The van der Waals surface area contributed by atoms with E-state index in [9.17, 15) is 4.79 Å². The predicted octanol–water partition coefficient (Wildman–Crippen LogP) is 1.79. The largest absolute Gasteiger partial charge is 0.479 e. The second kappa shape index (κ2) is 7.00. The molecule has 1 fully saturated rings. The fraction of sp³-hybridized carbons (Fsp3) is 0.471. The average Bonchev–Trinajstić information content (AvgIpc) is 2.93. The van der Waals surface area contributed by atoms with Gasteiger partial charge in [-0.3, -0.25) is 14.9 Å². The van der Waals surface area contributed by atoms with E-state index in [0.29, 0.717) is 25.5 Å². The Morgan fingerprint density at radius 2 is 2.33 bits per heavy atom. The lowest BCUT2D eigenvalue weighted by molar-refractivity contribution is -0.147. The van der Waals surface area contributed by atoms with Crippen LogP contribution in [0.3, 0.4) is 0 Å². The summed E-state index contributed by atoms with van der Waals surface area (Å²) in [6.07, 6.45) is 2.68. The number of rotatable bonds is 4. The van der Waals surface area contributed by atoms with Gasteiger partial charge in [-0.15, -0.1) is 0 Å². The summed E-state index contributed by atoms with van der Waals surface area (Å²) in [5, 5.41) is 7.22. The summed E-state index contributed by atoms with van der Waals surface area (Å²) in [6, 6.07) is 3.42. The summed E-state index contributed by atoms with van der Waals surface area (Å²) in [7, 11) is 0. The normalized spacial score (nSPS) is 19.1. The molecule has 2 unspecified atom stereocenters. The van der Waals surface area contributed by atoms with Crippen molar-refractivity contribution in [2.75, 3.05) is 19.8 Å². The minimum atomic E-state index is -0.595. The number of nitrogens with one attached hydrogen (secondary N) is 1. The molecule has 1 aliphatic rings. The van der Waals surface area contributed by atoms with Crippen molar-refractivity contribution in [1.82, 2.24) is 20.1 Å². The van der Waals surface area contributed by atoms with Crippen molar-refractivity contribution >= 4 is 5.91 Å². The molecule has 1 amide bonds. The zero-order chi connectivity index (χ0) is 17.1. The van der Waals surface area contributed by atoms with Crippen LogP contribution >= 0.6 is 0 Å². The molecule has 0 saturated carbocycles. The number of amides is 1. The zero-order valence-corrected chi connectivity index (χ0v) is 14.2. The molecule has 2 aromatic heterocycles. The van der Waals surface area contributed by atoms with Gasteiger partial charge in [-0.2, -0.15) is 5.10 Å². The number of aryl methyl sites for hydroxylation is 2. The number of nitrogens with zero attached hydrogens (tertiary/aromatic N) is 3. The third-order valence-corrected chi connectivity index (χ3v) is 4.22. The Hall–Kier alpha value is -2.41. The van der Waals surface area contributed by atoms with Gasteiger partial charge in [0, 0.05) is 24.0 Å². The Morgan fingerprint density at radius 1 is 1.50 bits per heavy atom. The van der Waals surface area contributed by atoms with Crippen molar-refractivity contribution in [3.05, 3.63) is 41.5 Å². The van der Waals surface area contributed by atoms with Crippen molar-refractivity contribution in [2.24, 2.45) is 0 Å². The van der Waals surface area contributed by atoms with E-state index >= 15 is 0 Å². The van der Waals surface area contributed by atoms with E-state index in [2.05, 4.69) is 15.2 Å². The van der Waals surface area contributed by atoms with E-state index in [4.69, 9.17) is 9.47 Å². The molecule has 0 radical (unpaired) electrons. The number of carbonyl (C=O) groups is 1. The summed E-state index contributed by atoms with van der Waals surface area (Å²) in [5.74, 6) is 0.519. The Labute approximate surface area is 141 Å². The molecule has 0 spiro atoms.